The Kier molecular flexibility index (Phi) is 2.47. The first kappa shape index (κ1) is 9.90. The summed E-state index contributed by atoms with van der Waals surface area (Å²) in [4.78, 5) is 0. The highest BCUT2D eigenvalue weighted by Gasteiger charge is 2.57. The fraction of sp³-hybridized carbons (Fsp3) is 0.400. The van der Waals surface area contributed by atoms with Crippen LogP contribution in [0.4, 0.5) is 8.78 Å². The Hall–Kier alpha value is -0.640. The Labute approximate surface area is 89.2 Å². The number of alkyl halides is 2. The average molecular weight is 263 g/mol. The Morgan fingerprint density at radius 3 is 2.79 bits per heavy atom. The van der Waals surface area contributed by atoms with Gasteiger partial charge < -0.3 is 4.74 Å². The third-order valence-electron chi connectivity index (χ3n) is 2.20. The van der Waals surface area contributed by atoms with Crippen LogP contribution in [0.25, 0.3) is 0 Å². The van der Waals surface area contributed by atoms with Gasteiger partial charge in [0, 0.05) is 10.9 Å². The molecule has 0 unspecified atom stereocenters. The van der Waals surface area contributed by atoms with E-state index >= 15 is 0 Å². The van der Waals surface area contributed by atoms with Crippen LogP contribution in [0.1, 0.15) is 6.42 Å². The first-order chi connectivity index (χ1) is 6.58. The molecule has 0 radical (unpaired) electrons. The number of hydrogen-bond acceptors (Lipinski definition) is 1. The molecular formula is C10H9BrF2O. The van der Waals surface area contributed by atoms with Crippen LogP contribution in [0.3, 0.4) is 0 Å². The molecule has 76 valence electrons. The third-order valence-corrected chi connectivity index (χ3v) is 2.70. The molecule has 2 rings (SSSR count). The van der Waals surface area contributed by atoms with E-state index in [0.29, 0.717) is 5.75 Å². The molecule has 1 aliphatic carbocycles. The van der Waals surface area contributed by atoms with Crippen LogP contribution in [-0.4, -0.2) is 12.5 Å². The minimum absolute atomic E-state index is 0.0407. The lowest BCUT2D eigenvalue weighted by Crippen LogP contribution is -2.05. The molecule has 0 saturated heterocycles. The molecule has 0 bridgehead atoms. The Morgan fingerprint density at radius 1 is 1.50 bits per heavy atom. The molecular weight excluding hydrogens is 254 g/mol. The SMILES string of the molecule is FC1(F)C[C@H]1COc1cccc(Br)c1. The zero-order chi connectivity index (χ0) is 10.2. The molecule has 1 aromatic rings. The summed E-state index contributed by atoms with van der Waals surface area (Å²) in [5, 5.41) is 0. The first-order valence-electron chi connectivity index (χ1n) is 4.34. The van der Waals surface area contributed by atoms with Crippen LogP contribution in [0.2, 0.25) is 0 Å². The van der Waals surface area contributed by atoms with E-state index in [2.05, 4.69) is 15.9 Å². The van der Waals surface area contributed by atoms with Crippen molar-refractivity contribution in [3.05, 3.63) is 28.7 Å². The summed E-state index contributed by atoms with van der Waals surface area (Å²) in [5.41, 5.74) is 0. The summed E-state index contributed by atoms with van der Waals surface area (Å²) < 4.78 is 31.1. The monoisotopic (exact) mass is 262 g/mol. The van der Waals surface area contributed by atoms with Crippen LogP contribution >= 0.6 is 15.9 Å². The highest BCUT2D eigenvalue weighted by molar-refractivity contribution is 9.10. The van der Waals surface area contributed by atoms with Gasteiger partial charge in [-0.05, 0) is 18.2 Å². The Bertz CT molecular complexity index is 341. The average Bonchev–Trinajstić information content (AvgIpc) is 2.71. The highest BCUT2D eigenvalue weighted by Crippen LogP contribution is 2.48. The van der Waals surface area contributed by atoms with Gasteiger partial charge in [0.25, 0.3) is 5.92 Å². The van der Waals surface area contributed by atoms with Gasteiger partial charge in [-0.15, -0.1) is 0 Å². The quantitative estimate of drug-likeness (QED) is 0.811. The summed E-state index contributed by atoms with van der Waals surface area (Å²) in [5.74, 6) is -2.46. The fourth-order valence-corrected chi connectivity index (χ4v) is 1.58. The molecule has 1 fully saturated rings. The van der Waals surface area contributed by atoms with Gasteiger partial charge in [-0.1, -0.05) is 22.0 Å². The molecule has 1 saturated carbocycles. The maximum absolute atomic E-state index is 12.5. The lowest BCUT2D eigenvalue weighted by Gasteiger charge is -2.05. The van der Waals surface area contributed by atoms with Crippen LogP contribution in [-0.2, 0) is 0 Å². The lowest BCUT2D eigenvalue weighted by molar-refractivity contribution is 0.0856. The number of benzene rings is 1. The molecule has 0 spiro atoms. The summed E-state index contributed by atoms with van der Waals surface area (Å²) in [7, 11) is 0. The van der Waals surface area contributed by atoms with Gasteiger partial charge in [-0.2, -0.15) is 0 Å². The second kappa shape index (κ2) is 3.50. The van der Waals surface area contributed by atoms with Gasteiger partial charge >= 0.3 is 0 Å². The van der Waals surface area contributed by atoms with Gasteiger partial charge in [0.1, 0.15) is 5.75 Å². The summed E-state index contributed by atoms with van der Waals surface area (Å²) in [6.45, 7) is 0.101. The van der Waals surface area contributed by atoms with E-state index < -0.39 is 11.8 Å². The standard InChI is InChI=1S/C10H9BrF2O/c11-8-2-1-3-9(4-8)14-6-7-5-10(7,12)13/h1-4,7H,5-6H2/t7-/m0/s1. The molecule has 0 amide bonds. The Balaban J connectivity index is 1.87. The second-order valence-electron chi connectivity index (χ2n) is 3.43. The molecule has 14 heavy (non-hydrogen) atoms. The summed E-state index contributed by atoms with van der Waals surface area (Å²) >= 11 is 3.28. The fourth-order valence-electron chi connectivity index (χ4n) is 1.20. The number of hydrogen-bond donors (Lipinski definition) is 0. The van der Waals surface area contributed by atoms with Crippen molar-refractivity contribution >= 4 is 15.9 Å². The lowest BCUT2D eigenvalue weighted by atomic mass is 10.3. The third kappa shape index (κ3) is 2.23. The van der Waals surface area contributed by atoms with E-state index in [9.17, 15) is 8.78 Å². The Morgan fingerprint density at radius 2 is 2.21 bits per heavy atom. The zero-order valence-corrected chi connectivity index (χ0v) is 8.93. The normalized spacial score (nSPS) is 23.2. The van der Waals surface area contributed by atoms with Crippen molar-refractivity contribution in [1.29, 1.82) is 0 Å². The van der Waals surface area contributed by atoms with Gasteiger partial charge in [-0.3, -0.25) is 0 Å². The number of ether oxygens (including phenoxy) is 1. The molecule has 1 atom stereocenters. The first-order valence-corrected chi connectivity index (χ1v) is 5.13. The minimum atomic E-state index is -2.49. The zero-order valence-electron chi connectivity index (χ0n) is 7.34. The maximum Gasteiger partial charge on any atom is 0.255 e. The van der Waals surface area contributed by atoms with E-state index in [1.54, 1.807) is 12.1 Å². The second-order valence-corrected chi connectivity index (χ2v) is 4.35. The molecule has 0 heterocycles. The number of rotatable bonds is 3. The summed E-state index contributed by atoms with van der Waals surface area (Å²) in [6.07, 6.45) is -0.0407. The minimum Gasteiger partial charge on any atom is -0.493 e. The molecule has 1 aliphatic rings. The van der Waals surface area contributed by atoms with E-state index in [-0.39, 0.29) is 13.0 Å². The van der Waals surface area contributed by atoms with Crippen molar-refractivity contribution < 1.29 is 13.5 Å². The van der Waals surface area contributed by atoms with Gasteiger partial charge in [0.05, 0.1) is 12.5 Å². The van der Waals surface area contributed by atoms with Crippen molar-refractivity contribution in [2.45, 2.75) is 12.3 Å². The maximum atomic E-state index is 12.5. The van der Waals surface area contributed by atoms with E-state index in [4.69, 9.17) is 4.74 Å². The summed E-state index contributed by atoms with van der Waals surface area (Å²) in [6, 6.07) is 7.19. The predicted octanol–water partition coefficient (Wildman–Crippen LogP) is 3.48. The van der Waals surface area contributed by atoms with Crippen molar-refractivity contribution in [1.82, 2.24) is 0 Å². The van der Waals surface area contributed by atoms with Crippen molar-refractivity contribution in [2.75, 3.05) is 6.61 Å². The van der Waals surface area contributed by atoms with Gasteiger partial charge in [0.2, 0.25) is 0 Å². The topological polar surface area (TPSA) is 9.23 Å². The predicted molar refractivity (Wildman–Crippen MR) is 52.7 cm³/mol. The largest absolute Gasteiger partial charge is 0.493 e. The molecule has 4 heteroatoms. The van der Waals surface area contributed by atoms with Gasteiger partial charge in [0.15, 0.2) is 0 Å². The van der Waals surface area contributed by atoms with E-state index in [0.717, 1.165) is 4.47 Å². The molecule has 1 aromatic carbocycles. The van der Waals surface area contributed by atoms with Crippen LogP contribution in [0, 0.1) is 5.92 Å². The van der Waals surface area contributed by atoms with Crippen LogP contribution < -0.4 is 4.74 Å². The van der Waals surface area contributed by atoms with E-state index in [1.807, 2.05) is 12.1 Å². The number of halogens is 3. The van der Waals surface area contributed by atoms with Crippen molar-refractivity contribution in [2.24, 2.45) is 5.92 Å². The van der Waals surface area contributed by atoms with Crippen LogP contribution in [0.5, 0.6) is 5.75 Å². The highest BCUT2D eigenvalue weighted by atomic mass is 79.9. The van der Waals surface area contributed by atoms with Crippen LogP contribution in [0.15, 0.2) is 28.7 Å². The van der Waals surface area contributed by atoms with Crippen molar-refractivity contribution in [3.63, 3.8) is 0 Å². The molecule has 0 aliphatic heterocycles. The van der Waals surface area contributed by atoms with E-state index in [1.165, 1.54) is 0 Å². The van der Waals surface area contributed by atoms with Gasteiger partial charge in [-0.25, -0.2) is 8.78 Å². The molecule has 0 N–H and O–H groups in total. The molecule has 0 aromatic heterocycles. The van der Waals surface area contributed by atoms with Crippen molar-refractivity contribution in [3.8, 4) is 5.75 Å². The molecule has 1 nitrogen and oxygen atoms in total. The smallest absolute Gasteiger partial charge is 0.255 e.